The van der Waals surface area contributed by atoms with Crippen molar-refractivity contribution in [3.8, 4) is 5.75 Å². The van der Waals surface area contributed by atoms with Crippen LogP contribution in [0.4, 0.5) is 4.39 Å². The number of ether oxygens (including phenoxy) is 1. The normalized spacial score (nSPS) is 20.8. The summed E-state index contributed by atoms with van der Waals surface area (Å²) in [7, 11) is 0. The summed E-state index contributed by atoms with van der Waals surface area (Å²) in [5, 5.41) is 25.6. The first-order valence-electron chi connectivity index (χ1n) is 14.3. The SMILES string of the molecule is C=CN(Cc1c(C)cccc1OCc1ccc(C(O)(O)N2CC(C)(C)CC(C)(C)C2)cc1F)C1CCC(=C)NC1=C. The van der Waals surface area contributed by atoms with E-state index in [0.717, 1.165) is 41.8 Å². The molecule has 2 aromatic rings. The summed E-state index contributed by atoms with van der Waals surface area (Å²) in [6.07, 6.45) is 4.53. The molecular weight excluding hydrogens is 517 g/mol. The van der Waals surface area contributed by atoms with E-state index in [2.05, 4.69) is 57.6 Å². The highest BCUT2D eigenvalue weighted by Crippen LogP contribution is 2.43. The molecule has 0 amide bonds. The van der Waals surface area contributed by atoms with Crippen LogP contribution in [0.25, 0.3) is 0 Å². The minimum Gasteiger partial charge on any atom is -0.488 e. The molecule has 3 N–H and O–H groups in total. The Morgan fingerprint density at radius 2 is 1.83 bits per heavy atom. The van der Waals surface area contributed by atoms with Crippen LogP contribution in [-0.2, 0) is 19.1 Å². The Bertz CT molecular complexity index is 1300. The molecule has 2 aromatic carbocycles. The lowest BCUT2D eigenvalue weighted by Gasteiger charge is -2.50. The van der Waals surface area contributed by atoms with Gasteiger partial charge in [-0.1, -0.05) is 71.7 Å². The van der Waals surface area contributed by atoms with Crippen LogP contribution >= 0.6 is 0 Å². The van der Waals surface area contributed by atoms with Crippen molar-refractivity contribution < 1.29 is 19.3 Å². The van der Waals surface area contributed by atoms with Crippen molar-refractivity contribution in [1.29, 1.82) is 0 Å². The van der Waals surface area contributed by atoms with Crippen molar-refractivity contribution in [1.82, 2.24) is 15.1 Å². The van der Waals surface area contributed by atoms with Gasteiger partial charge in [0.05, 0.1) is 6.04 Å². The molecule has 6 nitrogen and oxygen atoms in total. The van der Waals surface area contributed by atoms with E-state index in [0.29, 0.717) is 30.9 Å². The molecule has 2 heterocycles. The summed E-state index contributed by atoms with van der Waals surface area (Å²) in [5.41, 5.74) is 4.13. The number of likely N-dealkylation sites (tertiary alicyclic amines) is 1. The zero-order valence-electron chi connectivity index (χ0n) is 25.3. The van der Waals surface area contributed by atoms with Crippen LogP contribution < -0.4 is 10.1 Å². The van der Waals surface area contributed by atoms with Crippen molar-refractivity contribution >= 4 is 0 Å². The number of aryl methyl sites for hydroxylation is 1. The lowest BCUT2D eigenvalue weighted by molar-refractivity contribution is -0.295. The number of nitrogens with zero attached hydrogens (tertiary/aromatic N) is 2. The van der Waals surface area contributed by atoms with Gasteiger partial charge in [0.1, 0.15) is 18.2 Å². The van der Waals surface area contributed by atoms with Gasteiger partial charge in [-0.05, 0) is 60.9 Å². The average Bonchev–Trinajstić information content (AvgIpc) is 2.86. The third kappa shape index (κ3) is 7.03. The minimum absolute atomic E-state index is 0.00179. The van der Waals surface area contributed by atoms with Gasteiger partial charge in [-0.3, -0.25) is 0 Å². The Labute approximate surface area is 244 Å². The topological polar surface area (TPSA) is 68.2 Å². The lowest BCUT2D eigenvalue weighted by atomic mass is 9.71. The van der Waals surface area contributed by atoms with Gasteiger partial charge in [0.15, 0.2) is 0 Å². The van der Waals surface area contributed by atoms with Gasteiger partial charge in [0.25, 0.3) is 5.91 Å². The first-order chi connectivity index (χ1) is 19.1. The fraction of sp³-hybridized carbons (Fsp3) is 0.471. The molecule has 0 radical (unpaired) electrons. The van der Waals surface area contributed by atoms with Gasteiger partial charge in [-0.25, -0.2) is 9.29 Å². The molecule has 2 aliphatic rings. The van der Waals surface area contributed by atoms with Gasteiger partial charge in [-0.15, -0.1) is 0 Å². The summed E-state index contributed by atoms with van der Waals surface area (Å²) in [6.45, 7) is 24.3. The highest BCUT2D eigenvalue weighted by Gasteiger charge is 2.45. The van der Waals surface area contributed by atoms with Crippen molar-refractivity contribution in [2.24, 2.45) is 10.8 Å². The lowest BCUT2D eigenvalue weighted by Crippen LogP contribution is -2.57. The van der Waals surface area contributed by atoms with E-state index in [4.69, 9.17) is 4.74 Å². The standard InChI is InChI=1S/C34H46FN3O3/c1-9-37(30-16-13-24(3)36-25(30)4)18-28-23(2)11-10-12-31(28)41-19-26-14-15-27(17-29(26)35)34(39,40)38-21-32(5,6)20-33(7,8)22-38/h9-12,14-15,17,30,36,39-40H,1,3-4,13,16,18-22H2,2,5-8H3. The zero-order chi connectivity index (χ0) is 30.2. The van der Waals surface area contributed by atoms with Crippen LogP contribution in [0.3, 0.4) is 0 Å². The molecule has 0 saturated carbocycles. The van der Waals surface area contributed by atoms with Crippen molar-refractivity contribution in [3.05, 3.63) is 102 Å². The summed E-state index contributed by atoms with van der Waals surface area (Å²) in [4.78, 5) is 3.77. The van der Waals surface area contributed by atoms with Crippen LogP contribution in [-0.4, -0.2) is 39.1 Å². The van der Waals surface area contributed by atoms with Crippen LogP contribution in [0.15, 0.2) is 73.7 Å². The van der Waals surface area contributed by atoms with Crippen LogP contribution in [0.2, 0.25) is 0 Å². The number of aliphatic hydroxyl groups is 2. The molecule has 1 atom stereocenters. The number of nitrogens with one attached hydrogen (secondary N) is 1. The van der Waals surface area contributed by atoms with E-state index < -0.39 is 11.7 Å². The van der Waals surface area contributed by atoms with Gasteiger partial charge in [0, 0.05) is 47.7 Å². The Hall–Kier alpha value is -3.13. The maximum atomic E-state index is 15.4. The van der Waals surface area contributed by atoms with Crippen molar-refractivity contribution in [2.45, 2.75) is 79.0 Å². The summed E-state index contributed by atoms with van der Waals surface area (Å²) < 4.78 is 21.5. The van der Waals surface area contributed by atoms with E-state index >= 15 is 4.39 Å². The van der Waals surface area contributed by atoms with E-state index in [1.54, 1.807) is 17.0 Å². The van der Waals surface area contributed by atoms with E-state index in [1.807, 2.05) is 31.3 Å². The van der Waals surface area contributed by atoms with Gasteiger partial charge >= 0.3 is 0 Å². The predicted molar refractivity (Wildman–Crippen MR) is 162 cm³/mol. The molecule has 0 aromatic heterocycles. The fourth-order valence-corrected chi connectivity index (χ4v) is 6.65. The monoisotopic (exact) mass is 563 g/mol. The second-order valence-corrected chi connectivity index (χ2v) is 13.3. The Balaban J connectivity index is 1.50. The number of piperidine rings is 2. The predicted octanol–water partition coefficient (Wildman–Crippen LogP) is 6.29. The number of allylic oxidation sites excluding steroid dienone is 1. The van der Waals surface area contributed by atoms with Gasteiger partial charge < -0.3 is 25.2 Å². The molecule has 1 unspecified atom stereocenters. The molecule has 4 rings (SSSR count). The second kappa shape index (κ2) is 11.6. The quantitative estimate of drug-likeness (QED) is 0.312. The Kier molecular flexibility index (Phi) is 8.74. The highest BCUT2D eigenvalue weighted by atomic mass is 19.1. The molecule has 2 aliphatic heterocycles. The van der Waals surface area contributed by atoms with Gasteiger partial charge in [-0.2, -0.15) is 0 Å². The third-order valence-corrected chi connectivity index (χ3v) is 8.26. The number of hydrogen-bond donors (Lipinski definition) is 3. The third-order valence-electron chi connectivity index (χ3n) is 8.26. The van der Waals surface area contributed by atoms with E-state index in [1.165, 1.54) is 6.07 Å². The number of hydrogen-bond acceptors (Lipinski definition) is 6. The molecule has 222 valence electrons. The van der Waals surface area contributed by atoms with Crippen LogP contribution in [0, 0.1) is 23.6 Å². The molecule has 2 saturated heterocycles. The van der Waals surface area contributed by atoms with Crippen molar-refractivity contribution in [3.63, 3.8) is 0 Å². The first kappa shape index (κ1) is 30.8. The largest absolute Gasteiger partial charge is 0.488 e. The second-order valence-electron chi connectivity index (χ2n) is 13.3. The Morgan fingerprint density at radius 1 is 1.15 bits per heavy atom. The molecule has 0 spiro atoms. The van der Waals surface area contributed by atoms with Crippen LogP contribution in [0.1, 0.15) is 69.2 Å². The first-order valence-corrected chi connectivity index (χ1v) is 14.3. The zero-order valence-corrected chi connectivity index (χ0v) is 25.3. The van der Waals surface area contributed by atoms with Crippen molar-refractivity contribution in [2.75, 3.05) is 13.1 Å². The van der Waals surface area contributed by atoms with E-state index in [9.17, 15) is 10.2 Å². The molecule has 41 heavy (non-hydrogen) atoms. The summed E-state index contributed by atoms with van der Waals surface area (Å²) in [5.74, 6) is -2.16. The average molecular weight is 564 g/mol. The maximum Gasteiger partial charge on any atom is 0.253 e. The van der Waals surface area contributed by atoms with Crippen LogP contribution in [0.5, 0.6) is 5.75 Å². The minimum atomic E-state index is -2.28. The number of halogens is 1. The smallest absolute Gasteiger partial charge is 0.253 e. The Morgan fingerprint density at radius 3 is 2.44 bits per heavy atom. The molecular formula is C34H46FN3O3. The van der Waals surface area contributed by atoms with Gasteiger partial charge in [0.2, 0.25) is 0 Å². The summed E-state index contributed by atoms with van der Waals surface area (Å²) >= 11 is 0. The fourth-order valence-electron chi connectivity index (χ4n) is 6.65. The molecule has 0 bridgehead atoms. The molecule has 7 heteroatoms. The summed E-state index contributed by atoms with van der Waals surface area (Å²) in [6, 6.07) is 10.3. The highest BCUT2D eigenvalue weighted by molar-refractivity contribution is 5.40. The molecule has 2 fully saturated rings. The van der Waals surface area contributed by atoms with E-state index in [-0.39, 0.29) is 29.0 Å². The number of benzene rings is 2. The maximum absolute atomic E-state index is 15.4. The number of rotatable bonds is 9. The molecule has 0 aliphatic carbocycles.